The van der Waals surface area contributed by atoms with Crippen LogP contribution in [0.4, 0.5) is 32.3 Å². The number of aromatic nitrogens is 7. The third-order valence-corrected chi connectivity index (χ3v) is 6.88. The first-order valence-electron chi connectivity index (χ1n) is 13.0. The predicted molar refractivity (Wildman–Crippen MR) is 144 cm³/mol. The number of nitrogens with one attached hydrogen (secondary N) is 1. The number of para-hydroxylation sites is 1. The number of halogens is 2. The molecule has 2 saturated heterocycles. The molecule has 4 aromatic rings. The van der Waals surface area contributed by atoms with Crippen molar-refractivity contribution in [3.63, 3.8) is 0 Å². The van der Waals surface area contributed by atoms with Crippen LogP contribution in [-0.2, 0) is 4.74 Å². The fourth-order valence-electron chi connectivity index (χ4n) is 4.71. The topological polar surface area (TPSA) is 122 Å². The molecule has 3 aromatic heterocycles. The largest absolute Gasteiger partial charge is 0.494 e. The molecule has 5 heterocycles. The molecule has 0 atom stereocenters. The lowest BCUT2D eigenvalue weighted by molar-refractivity contribution is 0.122. The quantitative estimate of drug-likeness (QED) is 0.361. The molecule has 0 amide bonds. The summed E-state index contributed by atoms with van der Waals surface area (Å²) in [5.41, 5.74) is 1.23. The zero-order valence-electron chi connectivity index (χ0n) is 22.2. The van der Waals surface area contributed by atoms with Crippen molar-refractivity contribution in [3.8, 4) is 11.7 Å². The van der Waals surface area contributed by atoms with Gasteiger partial charge in [0.15, 0.2) is 5.82 Å². The molecule has 40 heavy (non-hydrogen) atoms. The average molecular weight is 554 g/mol. The van der Waals surface area contributed by atoms with Gasteiger partial charge in [-0.2, -0.15) is 15.0 Å². The minimum Gasteiger partial charge on any atom is -0.494 e. The van der Waals surface area contributed by atoms with Crippen LogP contribution in [0.5, 0.6) is 5.75 Å². The minimum absolute atomic E-state index is 0.0000185. The van der Waals surface area contributed by atoms with Gasteiger partial charge in [-0.3, -0.25) is 4.57 Å². The Morgan fingerprint density at radius 1 is 0.875 bits per heavy atom. The summed E-state index contributed by atoms with van der Waals surface area (Å²) in [5.74, 6) is 1.01. The third kappa shape index (κ3) is 5.16. The summed E-state index contributed by atoms with van der Waals surface area (Å²) in [6.07, 6.45) is 0.425. The molecule has 2 aliphatic heterocycles. The zero-order chi connectivity index (χ0) is 27.6. The van der Waals surface area contributed by atoms with Gasteiger partial charge < -0.3 is 29.5 Å². The Labute approximate surface area is 228 Å². The highest BCUT2D eigenvalue weighted by molar-refractivity contribution is 5.84. The molecular formula is C25H29F2N11O2. The molecule has 0 spiro atoms. The molecule has 2 aliphatic rings. The van der Waals surface area contributed by atoms with Crippen molar-refractivity contribution in [2.75, 3.05) is 81.8 Å². The highest BCUT2D eigenvalue weighted by Crippen LogP contribution is 2.32. The fraction of sp³-hybridized carbons (Fsp3) is 0.440. The second kappa shape index (κ2) is 11.1. The molecule has 0 unspecified atom stereocenters. The van der Waals surface area contributed by atoms with Crippen LogP contribution in [0.15, 0.2) is 30.6 Å². The number of anilines is 4. The number of alkyl halides is 2. The molecule has 1 N–H and O–H groups in total. The Morgan fingerprint density at radius 2 is 1.57 bits per heavy atom. The van der Waals surface area contributed by atoms with E-state index in [0.717, 1.165) is 26.2 Å². The van der Waals surface area contributed by atoms with E-state index in [9.17, 15) is 8.78 Å². The molecule has 0 saturated carbocycles. The molecule has 2 fully saturated rings. The van der Waals surface area contributed by atoms with Crippen molar-refractivity contribution in [3.05, 3.63) is 36.4 Å². The SMILES string of the molecule is COc1cccc2c1nc(C(F)F)n2-c1nc(Nc2cnc(N3CCN(C)CC3)nc2)nc(N2CCOCC2)n1. The van der Waals surface area contributed by atoms with E-state index in [1.165, 1.54) is 11.7 Å². The Kier molecular flexibility index (Phi) is 7.21. The van der Waals surface area contributed by atoms with Gasteiger partial charge in [0.25, 0.3) is 6.43 Å². The molecule has 1 aromatic carbocycles. The van der Waals surface area contributed by atoms with Gasteiger partial charge in [-0.05, 0) is 19.2 Å². The number of ether oxygens (including phenoxy) is 2. The molecule has 0 radical (unpaired) electrons. The van der Waals surface area contributed by atoms with Crippen LogP contribution in [0.3, 0.4) is 0 Å². The smallest absolute Gasteiger partial charge is 0.296 e. The molecule has 0 bridgehead atoms. The minimum atomic E-state index is -2.88. The van der Waals surface area contributed by atoms with Gasteiger partial charge in [0.05, 0.1) is 43.9 Å². The Balaban J connectivity index is 1.38. The van der Waals surface area contributed by atoms with Crippen LogP contribution in [0, 0.1) is 0 Å². The van der Waals surface area contributed by atoms with Gasteiger partial charge in [0.2, 0.25) is 23.8 Å². The number of hydrogen-bond donors (Lipinski definition) is 1. The number of rotatable bonds is 7. The van der Waals surface area contributed by atoms with Crippen LogP contribution in [0.1, 0.15) is 12.2 Å². The summed E-state index contributed by atoms with van der Waals surface area (Å²) in [4.78, 5) is 33.2. The van der Waals surface area contributed by atoms with E-state index in [1.807, 2.05) is 4.90 Å². The van der Waals surface area contributed by atoms with Gasteiger partial charge in [-0.1, -0.05) is 6.07 Å². The van der Waals surface area contributed by atoms with Crippen LogP contribution in [0.25, 0.3) is 17.0 Å². The molecule has 0 aliphatic carbocycles. The molecule has 210 valence electrons. The predicted octanol–water partition coefficient (Wildman–Crippen LogP) is 2.28. The first-order chi connectivity index (χ1) is 19.5. The number of methoxy groups -OCH3 is 1. The first-order valence-corrected chi connectivity index (χ1v) is 13.0. The van der Waals surface area contributed by atoms with Gasteiger partial charge >= 0.3 is 0 Å². The lowest BCUT2D eigenvalue weighted by atomic mass is 10.3. The molecule has 6 rings (SSSR count). The van der Waals surface area contributed by atoms with Crippen molar-refractivity contribution in [2.24, 2.45) is 0 Å². The van der Waals surface area contributed by atoms with Crippen LogP contribution < -0.4 is 19.9 Å². The summed E-state index contributed by atoms with van der Waals surface area (Å²) < 4.78 is 40.6. The normalized spacial score (nSPS) is 16.6. The zero-order valence-corrected chi connectivity index (χ0v) is 22.2. The maximum absolute atomic E-state index is 14.2. The number of benzene rings is 1. The summed E-state index contributed by atoms with van der Waals surface area (Å²) in [5, 5.41) is 3.12. The van der Waals surface area contributed by atoms with E-state index in [0.29, 0.717) is 55.2 Å². The van der Waals surface area contributed by atoms with Crippen molar-refractivity contribution in [1.29, 1.82) is 0 Å². The van der Waals surface area contributed by atoms with Gasteiger partial charge in [-0.15, -0.1) is 0 Å². The molecule has 13 nitrogen and oxygen atoms in total. The van der Waals surface area contributed by atoms with E-state index in [1.54, 1.807) is 30.6 Å². The summed E-state index contributed by atoms with van der Waals surface area (Å²) >= 11 is 0. The van der Waals surface area contributed by atoms with E-state index >= 15 is 0 Å². The van der Waals surface area contributed by atoms with Crippen molar-refractivity contribution >= 4 is 34.6 Å². The van der Waals surface area contributed by atoms with Crippen LogP contribution in [0.2, 0.25) is 0 Å². The summed E-state index contributed by atoms with van der Waals surface area (Å²) in [6, 6.07) is 5.05. The van der Waals surface area contributed by atoms with E-state index in [-0.39, 0.29) is 17.4 Å². The van der Waals surface area contributed by atoms with Crippen molar-refractivity contribution in [1.82, 2.24) is 39.4 Å². The third-order valence-electron chi connectivity index (χ3n) is 6.88. The van der Waals surface area contributed by atoms with Gasteiger partial charge in [0, 0.05) is 39.3 Å². The average Bonchev–Trinajstić information content (AvgIpc) is 3.39. The Bertz CT molecular complexity index is 1470. The number of piperazine rings is 1. The molecule has 15 heteroatoms. The van der Waals surface area contributed by atoms with Crippen LogP contribution >= 0.6 is 0 Å². The van der Waals surface area contributed by atoms with E-state index in [4.69, 9.17) is 9.47 Å². The number of morpholine rings is 1. The Hall–Kier alpha value is -4.24. The van der Waals surface area contributed by atoms with E-state index in [2.05, 4.69) is 52.1 Å². The summed E-state index contributed by atoms with van der Waals surface area (Å²) in [7, 11) is 3.56. The number of imidazole rings is 1. The number of fused-ring (bicyclic) bond motifs is 1. The number of nitrogens with zero attached hydrogens (tertiary/aromatic N) is 10. The maximum atomic E-state index is 14.2. The first kappa shape index (κ1) is 26.0. The highest BCUT2D eigenvalue weighted by atomic mass is 19.3. The number of hydrogen-bond acceptors (Lipinski definition) is 12. The standard InChI is InChI=1S/C25H29F2N11O2/c1-35-6-8-36(9-7-35)23-28-14-16(15-29-23)30-22-32-24(37-10-12-40-13-11-37)34-25(33-22)38-17-4-3-5-18(39-2)19(17)31-21(38)20(26)27/h3-5,14-15,20H,6-13H2,1-2H3,(H,30,32,33,34). The number of likely N-dealkylation sites (N-methyl/N-ethyl adjacent to an activating group) is 1. The molecular weight excluding hydrogens is 524 g/mol. The van der Waals surface area contributed by atoms with Gasteiger partial charge in [0.1, 0.15) is 11.3 Å². The second-order valence-corrected chi connectivity index (χ2v) is 9.48. The van der Waals surface area contributed by atoms with Crippen molar-refractivity contribution in [2.45, 2.75) is 6.43 Å². The van der Waals surface area contributed by atoms with Crippen LogP contribution in [-0.4, -0.2) is 106 Å². The monoisotopic (exact) mass is 553 g/mol. The highest BCUT2D eigenvalue weighted by Gasteiger charge is 2.26. The second-order valence-electron chi connectivity index (χ2n) is 9.48. The lowest BCUT2D eigenvalue weighted by Crippen LogP contribution is -2.45. The maximum Gasteiger partial charge on any atom is 0.296 e. The summed E-state index contributed by atoms with van der Waals surface area (Å²) in [6.45, 7) is 5.67. The fourth-order valence-corrected chi connectivity index (χ4v) is 4.71. The van der Waals surface area contributed by atoms with E-state index < -0.39 is 12.2 Å². The lowest BCUT2D eigenvalue weighted by Gasteiger charge is -2.32. The van der Waals surface area contributed by atoms with Gasteiger partial charge in [-0.25, -0.2) is 23.7 Å². The Morgan fingerprint density at radius 3 is 2.27 bits per heavy atom. The van der Waals surface area contributed by atoms with Crippen molar-refractivity contribution < 1.29 is 18.3 Å².